The first-order valence-electron chi connectivity index (χ1n) is 8.41. The van der Waals surface area contributed by atoms with Crippen LogP contribution in [0, 0.1) is 11.8 Å². The summed E-state index contributed by atoms with van der Waals surface area (Å²) in [6.45, 7) is 6.53. The van der Waals surface area contributed by atoms with Crippen molar-refractivity contribution in [1.82, 2.24) is 4.98 Å². The zero-order chi connectivity index (χ0) is 15.7. The van der Waals surface area contributed by atoms with Crippen molar-refractivity contribution in [3.63, 3.8) is 0 Å². The number of aromatic nitrogens is 1. The predicted octanol–water partition coefficient (Wildman–Crippen LogP) is 5.42. The van der Waals surface area contributed by atoms with Crippen molar-refractivity contribution in [3.8, 4) is 0 Å². The van der Waals surface area contributed by atoms with Gasteiger partial charge in [0.25, 0.3) is 0 Å². The summed E-state index contributed by atoms with van der Waals surface area (Å²) < 4.78 is 32.1. The predicted molar refractivity (Wildman–Crippen MR) is 88.7 cm³/mol. The third-order valence-electron chi connectivity index (χ3n) is 4.40. The van der Waals surface area contributed by atoms with E-state index in [1.807, 2.05) is 0 Å². The minimum atomic E-state index is -2.88. The molecule has 4 heteroatoms. The maximum absolute atomic E-state index is 14.3. The normalized spacial score (nSPS) is 11.9. The van der Waals surface area contributed by atoms with Gasteiger partial charge >= 0.3 is 132 Å². The van der Waals surface area contributed by atoms with E-state index in [4.69, 9.17) is 0 Å². The Hall–Kier alpha value is -0.191. The van der Waals surface area contributed by atoms with Crippen LogP contribution in [-0.4, -0.2) is 23.4 Å². The Morgan fingerprint density at radius 1 is 0.905 bits per heavy atom. The second-order valence-corrected chi connectivity index (χ2v) is 19.2. The molecular formula is C17H29F2NSn. The molecule has 0 aromatic carbocycles. The van der Waals surface area contributed by atoms with Gasteiger partial charge in [-0.25, -0.2) is 0 Å². The average molecular weight is 404 g/mol. The van der Waals surface area contributed by atoms with Crippen LogP contribution in [0.4, 0.5) is 8.78 Å². The van der Waals surface area contributed by atoms with Gasteiger partial charge in [0.1, 0.15) is 0 Å². The molecule has 0 spiro atoms. The number of rotatable bonds is 10. The van der Waals surface area contributed by atoms with Gasteiger partial charge < -0.3 is 0 Å². The van der Waals surface area contributed by atoms with Crippen molar-refractivity contribution in [2.45, 2.75) is 72.6 Å². The molecule has 0 aliphatic carbocycles. The van der Waals surface area contributed by atoms with Crippen molar-refractivity contribution >= 4 is 22.0 Å². The Kier molecular flexibility index (Phi) is 8.76. The van der Waals surface area contributed by atoms with Gasteiger partial charge in [0, 0.05) is 0 Å². The number of hydrogen-bond donors (Lipinski definition) is 0. The van der Waals surface area contributed by atoms with Gasteiger partial charge in [-0.3, -0.25) is 0 Å². The summed E-state index contributed by atoms with van der Waals surface area (Å²) in [6, 6.07) is 1.47. The number of nitrogens with zero attached hydrogens (tertiary/aromatic N) is 1. The molecule has 0 aliphatic rings. The molecule has 0 aliphatic heterocycles. The van der Waals surface area contributed by atoms with E-state index in [1.54, 1.807) is 0 Å². The zero-order valence-electron chi connectivity index (χ0n) is 13.7. The summed E-state index contributed by atoms with van der Waals surface area (Å²) in [6.07, 6.45) is 7.80. The van der Waals surface area contributed by atoms with Gasteiger partial charge in [0.05, 0.1) is 0 Å². The second-order valence-electron chi connectivity index (χ2n) is 6.08. The molecule has 1 aromatic rings. The number of hydrogen-bond acceptors (Lipinski definition) is 1. The maximum atomic E-state index is 14.3. The van der Waals surface area contributed by atoms with E-state index in [1.165, 1.54) is 6.07 Å². The third-order valence-corrected chi connectivity index (χ3v) is 19.9. The van der Waals surface area contributed by atoms with Crippen LogP contribution in [-0.2, 0) is 0 Å². The molecule has 1 rings (SSSR count). The van der Waals surface area contributed by atoms with Crippen molar-refractivity contribution in [3.05, 3.63) is 24.0 Å². The van der Waals surface area contributed by atoms with Gasteiger partial charge in [0.2, 0.25) is 0 Å². The molecular weight excluding hydrogens is 375 g/mol. The van der Waals surface area contributed by atoms with E-state index in [-0.39, 0.29) is 5.82 Å². The average Bonchev–Trinajstić information content (AvgIpc) is 2.49. The Bertz CT molecular complexity index is 401. The monoisotopic (exact) mass is 405 g/mol. The van der Waals surface area contributed by atoms with E-state index in [2.05, 4.69) is 25.8 Å². The fourth-order valence-electron chi connectivity index (χ4n) is 3.12. The van der Waals surface area contributed by atoms with Crippen LogP contribution in [0.25, 0.3) is 0 Å². The standard InChI is InChI=1S/C5H2F2N.3C4H9.Sn/c6-4-1-2-5(7)8-3-4;3*1-3-4-2;/h1,3H;3*1,3-4H2,2H3;. The van der Waals surface area contributed by atoms with Gasteiger partial charge in [0.15, 0.2) is 0 Å². The fraction of sp³-hybridized carbons (Fsp3) is 0.706. The van der Waals surface area contributed by atoms with Gasteiger partial charge in [-0.1, -0.05) is 0 Å². The molecule has 0 unspecified atom stereocenters. The summed E-state index contributed by atoms with van der Waals surface area (Å²) in [5.41, 5.74) is 0. The third kappa shape index (κ3) is 5.50. The Morgan fingerprint density at radius 2 is 1.38 bits per heavy atom. The fourth-order valence-corrected chi connectivity index (χ4v) is 19.1. The number of unbranched alkanes of at least 4 members (excludes halogenated alkanes) is 3. The Labute approximate surface area is 132 Å². The number of pyridine rings is 1. The Balaban J connectivity index is 3.19. The molecule has 0 amide bonds. The van der Waals surface area contributed by atoms with Crippen LogP contribution in [0.15, 0.2) is 12.3 Å². The van der Waals surface area contributed by atoms with E-state index < -0.39 is 24.3 Å². The summed E-state index contributed by atoms with van der Waals surface area (Å²) in [5.74, 6) is -0.771. The van der Waals surface area contributed by atoms with Gasteiger partial charge in [-0.2, -0.15) is 0 Å². The van der Waals surface area contributed by atoms with Gasteiger partial charge in [-0.15, -0.1) is 0 Å². The molecule has 1 aromatic heterocycles. The van der Waals surface area contributed by atoms with E-state index in [0.29, 0.717) is 3.58 Å². The molecule has 0 saturated carbocycles. The Morgan fingerprint density at radius 3 is 1.81 bits per heavy atom. The first kappa shape index (κ1) is 18.9. The van der Waals surface area contributed by atoms with Crippen molar-refractivity contribution in [2.75, 3.05) is 0 Å². The van der Waals surface area contributed by atoms with Crippen LogP contribution < -0.4 is 3.58 Å². The van der Waals surface area contributed by atoms with Crippen molar-refractivity contribution in [2.24, 2.45) is 0 Å². The molecule has 0 bridgehead atoms. The zero-order valence-corrected chi connectivity index (χ0v) is 16.6. The topological polar surface area (TPSA) is 12.9 Å². The molecule has 0 fully saturated rings. The van der Waals surface area contributed by atoms with Crippen LogP contribution >= 0.6 is 0 Å². The molecule has 0 saturated heterocycles. The molecule has 1 heterocycles. The quantitative estimate of drug-likeness (QED) is 0.375. The first-order chi connectivity index (χ1) is 10.1. The summed E-state index contributed by atoms with van der Waals surface area (Å²) in [7, 11) is 0. The van der Waals surface area contributed by atoms with Crippen molar-refractivity contribution < 1.29 is 8.78 Å². The molecule has 0 radical (unpaired) electrons. The van der Waals surface area contributed by atoms with E-state index in [0.717, 1.165) is 58.0 Å². The molecule has 0 N–H and O–H groups in total. The summed E-state index contributed by atoms with van der Waals surface area (Å²) in [5, 5.41) is 0. The SMILES string of the molecule is CCC[CH2][Sn]([CH2]CCC)([CH2]CCC)[c]1cc(F)cnc1F. The van der Waals surface area contributed by atoms with E-state index in [9.17, 15) is 8.78 Å². The molecule has 120 valence electrons. The molecule has 1 nitrogen and oxygen atoms in total. The summed E-state index contributed by atoms with van der Waals surface area (Å²) >= 11 is -2.88. The molecule has 0 atom stereocenters. The van der Waals surface area contributed by atoms with Crippen LogP contribution in [0.1, 0.15) is 59.3 Å². The second kappa shape index (κ2) is 9.75. The van der Waals surface area contributed by atoms with Crippen LogP contribution in [0.3, 0.4) is 0 Å². The van der Waals surface area contributed by atoms with Gasteiger partial charge in [-0.05, 0) is 0 Å². The van der Waals surface area contributed by atoms with Crippen molar-refractivity contribution in [1.29, 1.82) is 0 Å². The molecule has 21 heavy (non-hydrogen) atoms. The number of halogens is 2. The van der Waals surface area contributed by atoms with Crippen LogP contribution in [0.5, 0.6) is 0 Å². The summed E-state index contributed by atoms with van der Waals surface area (Å²) in [4.78, 5) is 3.68. The van der Waals surface area contributed by atoms with E-state index >= 15 is 0 Å². The minimum absolute atomic E-state index is 0.378. The first-order valence-corrected chi connectivity index (χ1v) is 15.9. The van der Waals surface area contributed by atoms with Crippen LogP contribution in [0.2, 0.25) is 13.3 Å².